The molecule has 2 rings (SSSR count). The number of nitrogens with zero attached hydrogens (tertiary/aromatic N) is 3. The van der Waals surface area contributed by atoms with E-state index in [-0.39, 0.29) is 0 Å². The Morgan fingerprint density at radius 2 is 2.43 bits per heavy atom. The van der Waals surface area contributed by atoms with E-state index in [0.29, 0.717) is 6.04 Å². The minimum atomic E-state index is 0.522. The molecule has 1 aromatic heterocycles. The summed E-state index contributed by atoms with van der Waals surface area (Å²) in [6, 6.07) is 0.522. The average molecular weight is 192 g/mol. The number of hydrogen-bond acceptors (Lipinski definition) is 4. The van der Waals surface area contributed by atoms with Gasteiger partial charge in [0.05, 0.1) is 17.6 Å². The van der Waals surface area contributed by atoms with Crippen LogP contribution >= 0.6 is 0 Å². The molecule has 0 aliphatic carbocycles. The average Bonchev–Trinajstić information content (AvgIpc) is 2.20. The summed E-state index contributed by atoms with van der Waals surface area (Å²) >= 11 is 0. The topological polar surface area (TPSA) is 41.1 Å². The van der Waals surface area contributed by atoms with Gasteiger partial charge in [-0.05, 0) is 13.8 Å². The minimum Gasteiger partial charge on any atom is -0.364 e. The van der Waals surface area contributed by atoms with E-state index < -0.39 is 0 Å². The Balaban J connectivity index is 2.25. The second-order valence-corrected chi connectivity index (χ2v) is 3.74. The van der Waals surface area contributed by atoms with E-state index in [4.69, 9.17) is 0 Å². The quantitative estimate of drug-likeness (QED) is 0.707. The van der Waals surface area contributed by atoms with E-state index in [1.807, 2.05) is 13.1 Å². The Kier molecular flexibility index (Phi) is 2.63. The highest BCUT2D eigenvalue weighted by Crippen LogP contribution is 2.19. The highest BCUT2D eigenvalue weighted by atomic mass is 15.2. The predicted octanol–water partition coefficient (Wildman–Crippen LogP) is 0.583. The van der Waals surface area contributed by atoms with Gasteiger partial charge in [0.2, 0.25) is 0 Å². The first-order valence-electron chi connectivity index (χ1n) is 5.03. The van der Waals surface area contributed by atoms with E-state index >= 15 is 0 Å². The van der Waals surface area contributed by atoms with E-state index in [1.165, 1.54) is 5.69 Å². The van der Waals surface area contributed by atoms with Gasteiger partial charge in [0.1, 0.15) is 6.33 Å². The lowest BCUT2D eigenvalue weighted by Crippen LogP contribution is -2.50. The van der Waals surface area contributed by atoms with Crippen LogP contribution in [0.2, 0.25) is 0 Å². The van der Waals surface area contributed by atoms with Crippen molar-refractivity contribution in [1.29, 1.82) is 0 Å². The fourth-order valence-electron chi connectivity index (χ4n) is 1.86. The number of anilines is 1. The summed E-state index contributed by atoms with van der Waals surface area (Å²) in [5.74, 6) is 0. The van der Waals surface area contributed by atoms with Crippen molar-refractivity contribution in [2.75, 3.05) is 24.5 Å². The SMILES string of the molecule is Cc1ncncc1N1CCNCC1C. The molecule has 1 fully saturated rings. The number of nitrogens with one attached hydrogen (secondary N) is 1. The van der Waals surface area contributed by atoms with Crippen molar-refractivity contribution in [3.8, 4) is 0 Å². The van der Waals surface area contributed by atoms with Crippen LogP contribution < -0.4 is 10.2 Å². The summed E-state index contributed by atoms with van der Waals surface area (Å²) in [5.41, 5.74) is 2.23. The lowest BCUT2D eigenvalue weighted by molar-refractivity contribution is 0.499. The lowest BCUT2D eigenvalue weighted by Gasteiger charge is -2.36. The molecule has 0 saturated carbocycles. The second-order valence-electron chi connectivity index (χ2n) is 3.74. The molecular weight excluding hydrogens is 176 g/mol. The van der Waals surface area contributed by atoms with E-state index in [9.17, 15) is 0 Å². The molecule has 0 spiro atoms. The van der Waals surface area contributed by atoms with Crippen molar-refractivity contribution in [3.05, 3.63) is 18.2 Å². The Morgan fingerprint density at radius 3 is 3.14 bits per heavy atom. The molecular formula is C10H16N4. The van der Waals surface area contributed by atoms with Gasteiger partial charge in [0.25, 0.3) is 0 Å². The molecule has 0 radical (unpaired) electrons. The fraction of sp³-hybridized carbons (Fsp3) is 0.600. The third-order valence-electron chi connectivity index (χ3n) is 2.70. The van der Waals surface area contributed by atoms with Crippen LogP contribution in [0.4, 0.5) is 5.69 Å². The van der Waals surface area contributed by atoms with Crippen LogP contribution in [-0.2, 0) is 0 Å². The van der Waals surface area contributed by atoms with E-state index in [1.54, 1.807) is 6.33 Å². The molecule has 1 unspecified atom stereocenters. The first-order chi connectivity index (χ1) is 6.79. The van der Waals surface area contributed by atoms with Crippen molar-refractivity contribution >= 4 is 5.69 Å². The van der Waals surface area contributed by atoms with Crippen LogP contribution in [0.1, 0.15) is 12.6 Å². The summed E-state index contributed by atoms with van der Waals surface area (Å²) in [6.07, 6.45) is 3.51. The molecule has 4 nitrogen and oxygen atoms in total. The molecule has 1 atom stereocenters. The summed E-state index contributed by atoms with van der Waals surface area (Å²) in [4.78, 5) is 10.7. The zero-order valence-electron chi connectivity index (χ0n) is 8.70. The summed E-state index contributed by atoms with van der Waals surface area (Å²) in [6.45, 7) is 7.37. The first-order valence-corrected chi connectivity index (χ1v) is 5.03. The van der Waals surface area contributed by atoms with Gasteiger partial charge >= 0.3 is 0 Å². The Morgan fingerprint density at radius 1 is 1.57 bits per heavy atom. The highest BCUT2D eigenvalue weighted by molar-refractivity contribution is 5.49. The van der Waals surface area contributed by atoms with Gasteiger partial charge in [-0.1, -0.05) is 0 Å². The Hall–Kier alpha value is -1.16. The molecule has 76 valence electrons. The zero-order valence-corrected chi connectivity index (χ0v) is 8.70. The summed E-state index contributed by atoms with van der Waals surface area (Å²) in [5, 5.41) is 3.37. The van der Waals surface area contributed by atoms with Gasteiger partial charge < -0.3 is 10.2 Å². The monoisotopic (exact) mass is 192 g/mol. The van der Waals surface area contributed by atoms with Crippen molar-refractivity contribution < 1.29 is 0 Å². The molecule has 4 heteroatoms. The molecule has 1 aromatic rings. The number of rotatable bonds is 1. The molecule has 0 amide bonds. The van der Waals surface area contributed by atoms with Crippen LogP contribution in [0, 0.1) is 6.92 Å². The van der Waals surface area contributed by atoms with E-state index in [0.717, 1.165) is 25.3 Å². The molecule has 1 N–H and O–H groups in total. The van der Waals surface area contributed by atoms with Crippen molar-refractivity contribution in [3.63, 3.8) is 0 Å². The standard InChI is InChI=1S/C10H16N4/c1-8-5-11-3-4-14(8)10-6-12-7-13-9(10)2/h6-8,11H,3-5H2,1-2H3. The van der Waals surface area contributed by atoms with Gasteiger partial charge in [-0.3, -0.25) is 0 Å². The first kappa shape index (κ1) is 9.40. The van der Waals surface area contributed by atoms with Crippen molar-refractivity contribution in [1.82, 2.24) is 15.3 Å². The molecule has 1 aliphatic rings. The number of aryl methyl sites for hydroxylation is 1. The maximum absolute atomic E-state index is 4.22. The van der Waals surface area contributed by atoms with Crippen molar-refractivity contribution in [2.24, 2.45) is 0 Å². The number of piperazine rings is 1. The molecule has 1 aliphatic heterocycles. The largest absolute Gasteiger partial charge is 0.364 e. The third-order valence-corrected chi connectivity index (χ3v) is 2.70. The molecule has 0 bridgehead atoms. The van der Waals surface area contributed by atoms with Crippen LogP contribution in [0.5, 0.6) is 0 Å². The van der Waals surface area contributed by atoms with E-state index in [2.05, 4.69) is 27.1 Å². The molecule has 14 heavy (non-hydrogen) atoms. The van der Waals surface area contributed by atoms with Crippen LogP contribution in [0.15, 0.2) is 12.5 Å². The maximum Gasteiger partial charge on any atom is 0.115 e. The van der Waals surface area contributed by atoms with Crippen molar-refractivity contribution in [2.45, 2.75) is 19.9 Å². The summed E-state index contributed by atoms with van der Waals surface area (Å²) in [7, 11) is 0. The Labute approximate surface area is 84.4 Å². The predicted molar refractivity (Wildman–Crippen MR) is 56.4 cm³/mol. The lowest BCUT2D eigenvalue weighted by atomic mass is 10.2. The van der Waals surface area contributed by atoms with Gasteiger partial charge in [0.15, 0.2) is 0 Å². The second kappa shape index (κ2) is 3.92. The fourth-order valence-corrected chi connectivity index (χ4v) is 1.86. The third kappa shape index (κ3) is 1.70. The molecule has 0 aromatic carbocycles. The van der Waals surface area contributed by atoms with Crippen LogP contribution in [0.3, 0.4) is 0 Å². The maximum atomic E-state index is 4.22. The Bertz CT molecular complexity index is 313. The van der Waals surface area contributed by atoms with Gasteiger partial charge in [-0.25, -0.2) is 9.97 Å². The summed E-state index contributed by atoms with van der Waals surface area (Å²) < 4.78 is 0. The smallest absolute Gasteiger partial charge is 0.115 e. The molecule has 1 saturated heterocycles. The van der Waals surface area contributed by atoms with Gasteiger partial charge in [-0.15, -0.1) is 0 Å². The van der Waals surface area contributed by atoms with Crippen LogP contribution in [0.25, 0.3) is 0 Å². The van der Waals surface area contributed by atoms with Crippen LogP contribution in [-0.4, -0.2) is 35.6 Å². The number of aromatic nitrogens is 2. The zero-order chi connectivity index (χ0) is 9.97. The number of hydrogen-bond donors (Lipinski definition) is 1. The minimum absolute atomic E-state index is 0.522. The highest BCUT2D eigenvalue weighted by Gasteiger charge is 2.19. The molecule has 2 heterocycles. The normalized spacial score (nSPS) is 22.4. The van der Waals surface area contributed by atoms with Gasteiger partial charge in [0, 0.05) is 25.7 Å². The van der Waals surface area contributed by atoms with Gasteiger partial charge in [-0.2, -0.15) is 0 Å².